The van der Waals surface area contributed by atoms with Gasteiger partial charge in [-0.3, -0.25) is 4.57 Å². The standard InChI is InChI=1S/C17H23N7/c1-2-13-16-22-19-10-23(16)14-9-18-17(20-11-7-8-11)21-15(14)24(13)12-5-3-4-6-12/h9-13H,2-8H2,1H3,(H,18,20,21)/t13-/m1/s1. The molecule has 0 spiro atoms. The van der Waals surface area contributed by atoms with E-state index in [-0.39, 0.29) is 6.04 Å². The quantitative estimate of drug-likeness (QED) is 0.932. The lowest BCUT2D eigenvalue weighted by Crippen LogP contribution is -2.42. The van der Waals surface area contributed by atoms with E-state index in [1.807, 2.05) is 6.20 Å². The number of nitrogens with zero attached hydrogens (tertiary/aromatic N) is 6. The summed E-state index contributed by atoms with van der Waals surface area (Å²) in [4.78, 5) is 12.0. The lowest BCUT2D eigenvalue weighted by Gasteiger charge is -2.40. The molecule has 1 atom stereocenters. The van der Waals surface area contributed by atoms with Gasteiger partial charge in [0.15, 0.2) is 11.6 Å². The zero-order chi connectivity index (χ0) is 16.1. The minimum atomic E-state index is 0.242. The predicted octanol–water partition coefficient (Wildman–Crippen LogP) is 2.85. The monoisotopic (exact) mass is 325 g/mol. The Hall–Kier alpha value is -2.18. The van der Waals surface area contributed by atoms with Gasteiger partial charge in [-0.2, -0.15) is 4.98 Å². The van der Waals surface area contributed by atoms with Crippen molar-refractivity contribution >= 4 is 11.8 Å². The number of rotatable bonds is 4. The molecule has 0 amide bonds. The van der Waals surface area contributed by atoms with Crippen molar-refractivity contribution in [3.8, 4) is 5.69 Å². The minimum absolute atomic E-state index is 0.242. The van der Waals surface area contributed by atoms with Gasteiger partial charge in [-0.05, 0) is 32.1 Å². The molecule has 2 aliphatic carbocycles. The van der Waals surface area contributed by atoms with Crippen LogP contribution in [-0.4, -0.2) is 36.8 Å². The number of hydrogen-bond donors (Lipinski definition) is 1. The van der Waals surface area contributed by atoms with Gasteiger partial charge in [-0.15, -0.1) is 10.2 Å². The van der Waals surface area contributed by atoms with Crippen molar-refractivity contribution in [1.82, 2.24) is 24.7 Å². The molecule has 2 aromatic rings. The van der Waals surface area contributed by atoms with Crippen molar-refractivity contribution in [2.24, 2.45) is 0 Å². The van der Waals surface area contributed by atoms with E-state index in [0.717, 1.165) is 29.7 Å². The highest BCUT2D eigenvalue weighted by molar-refractivity contribution is 5.63. The first-order valence-corrected chi connectivity index (χ1v) is 9.17. The zero-order valence-electron chi connectivity index (χ0n) is 14.0. The summed E-state index contributed by atoms with van der Waals surface area (Å²) >= 11 is 0. The molecule has 7 heteroatoms. The molecular formula is C17H23N7. The Balaban J connectivity index is 1.63. The van der Waals surface area contributed by atoms with E-state index in [0.29, 0.717) is 12.1 Å². The van der Waals surface area contributed by atoms with Crippen molar-refractivity contribution in [3.05, 3.63) is 18.3 Å². The second-order valence-corrected chi connectivity index (χ2v) is 7.15. The summed E-state index contributed by atoms with van der Waals surface area (Å²) < 4.78 is 2.07. The molecule has 126 valence electrons. The minimum Gasteiger partial charge on any atom is -0.351 e. The van der Waals surface area contributed by atoms with Gasteiger partial charge >= 0.3 is 0 Å². The lowest BCUT2D eigenvalue weighted by atomic mass is 10.0. The van der Waals surface area contributed by atoms with Gasteiger partial charge in [-0.1, -0.05) is 19.8 Å². The lowest BCUT2D eigenvalue weighted by molar-refractivity contribution is 0.469. The molecule has 0 aromatic carbocycles. The van der Waals surface area contributed by atoms with Crippen LogP contribution in [0, 0.1) is 0 Å². The third-order valence-electron chi connectivity index (χ3n) is 5.48. The molecule has 0 saturated heterocycles. The van der Waals surface area contributed by atoms with Crippen molar-refractivity contribution in [3.63, 3.8) is 0 Å². The summed E-state index contributed by atoms with van der Waals surface area (Å²) in [5, 5.41) is 12.0. The van der Waals surface area contributed by atoms with Crippen molar-refractivity contribution < 1.29 is 0 Å². The van der Waals surface area contributed by atoms with Crippen LogP contribution in [0.2, 0.25) is 0 Å². The van der Waals surface area contributed by atoms with Crippen LogP contribution in [0.3, 0.4) is 0 Å². The molecule has 1 N–H and O–H groups in total. The van der Waals surface area contributed by atoms with Gasteiger partial charge in [-0.25, -0.2) is 4.98 Å². The van der Waals surface area contributed by atoms with Crippen LogP contribution in [0.25, 0.3) is 5.69 Å². The molecule has 2 saturated carbocycles. The van der Waals surface area contributed by atoms with E-state index >= 15 is 0 Å². The molecule has 7 nitrogen and oxygen atoms in total. The van der Waals surface area contributed by atoms with E-state index < -0.39 is 0 Å². The normalized spacial score (nSPS) is 23.2. The summed E-state index contributed by atoms with van der Waals surface area (Å²) in [6.07, 6.45) is 12.2. The van der Waals surface area contributed by atoms with Gasteiger partial charge in [0.2, 0.25) is 5.95 Å². The SMILES string of the molecule is CC[C@@H]1c2nncn2-c2cnc(NC3CC3)nc2N1C1CCCC1. The molecular weight excluding hydrogens is 302 g/mol. The van der Waals surface area contributed by atoms with Crippen LogP contribution < -0.4 is 10.2 Å². The number of nitrogens with one attached hydrogen (secondary N) is 1. The molecule has 0 unspecified atom stereocenters. The molecule has 5 rings (SSSR count). The number of hydrogen-bond acceptors (Lipinski definition) is 6. The maximum atomic E-state index is 4.92. The molecule has 24 heavy (non-hydrogen) atoms. The molecule has 0 bridgehead atoms. The molecule has 2 aromatic heterocycles. The first-order chi connectivity index (χ1) is 11.8. The van der Waals surface area contributed by atoms with Crippen molar-refractivity contribution in [1.29, 1.82) is 0 Å². The van der Waals surface area contributed by atoms with Crippen LogP contribution in [-0.2, 0) is 0 Å². The maximum absolute atomic E-state index is 4.92. The largest absolute Gasteiger partial charge is 0.351 e. The van der Waals surface area contributed by atoms with E-state index in [4.69, 9.17) is 4.98 Å². The zero-order valence-corrected chi connectivity index (χ0v) is 14.0. The van der Waals surface area contributed by atoms with Gasteiger partial charge in [0.1, 0.15) is 12.0 Å². The summed E-state index contributed by atoms with van der Waals surface area (Å²) in [5.41, 5.74) is 1.01. The Morgan fingerprint density at radius 3 is 2.79 bits per heavy atom. The first-order valence-electron chi connectivity index (χ1n) is 9.17. The average molecular weight is 325 g/mol. The highest BCUT2D eigenvalue weighted by Crippen LogP contribution is 2.42. The van der Waals surface area contributed by atoms with Crippen LogP contribution in [0.15, 0.2) is 12.5 Å². The highest BCUT2D eigenvalue weighted by Gasteiger charge is 2.38. The van der Waals surface area contributed by atoms with Crippen LogP contribution in [0.4, 0.5) is 11.8 Å². The Bertz CT molecular complexity index is 745. The van der Waals surface area contributed by atoms with Gasteiger partial charge in [0, 0.05) is 12.1 Å². The Morgan fingerprint density at radius 1 is 1.21 bits per heavy atom. The smallest absolute Gasteiger partial charge is 0.224 e. The second kappa shape index (κ2) is 5.43. The van der Waals surface area contributed by atoms with Gasteiger partial charge in [0.25, 0.3) is 0 Å². The van der Waals surface area contributed by atoms with Crippen LogP contribution in [0.5, 0.6) is 0 Å². The molecule has 3 heterocycles. The van der Waals surface area contributed by atoms with E-state index in [1.165, 1.54) is 38.5 Å². The second-order valence-electron chi connectivity index (χ2n) is 7.15. The van der Waals surface area contributed by atoms with Crippen LogP contribution in [0.1, 0.15) is 63.7 Å². The fourth-order valence-electron chi connectivity index (χ4n) is 4.12. The summed E-state index contributed by atoms with van der Waals surface area (Å²) in [6, 6.07) is 1.34. The fraction of sp³-hybridized carbons (Fsp3) is 0.647. The van der Waals surface area contributed by atoms with E-state index in [9.17, 15) is 0 Å². The number of aromatic nitrogens is 5. The molecule has 1 aliphatic heterocycles. The third-order valence-corrected chi connectivity index (χ3v) is 5.48. The van der Waals surface area contributed by atoms with Crippen molar-refractivity contribution in [2.45, 2.75) is 70.0 Å². The summed E-state index contributed by atoms with van der Waals surface area (Å²) in [7, 11) is 0. The Kier molecular flexibility index (Phi) is 3.21. The van der Waals surface area contributed by atoms with E-state index in [1.54, 1.807) is 6.33 Å². The molecule has 0 radical (unpaired) electrons. The first kappa shape index (κ1) is 14.2. The average Bonchev–Trinajstić information content (AvgIpc) is 3.07. The Morgan fingerprint density at radius 2 is 2.04 bits per heavy atom. The van der Waals surface area contributed by atoms with Crippen molar-refractivity contribution in [2.75, 3.05) is 10.2 Å². The number of fused-ring (bicyclic) bond motifs is 3. The van der Waals surface area contributed by atoms with Gasteiger partial charge < -0.3 is 10.2 Å². The van der Waals surface area contributed by atoms with E-state index in [2.05, 4.69) is 36.9 Å². The summed E-state index contributed by atoms with van der Waals surface area (Å²) in [6.45, 7) is 2.22. The molecule has 2 fully saturated rings. The molecule has 3 aliphatic rings. The van der Waals surface area contributed by atoms with Gasteiger partial charge in [0.05, 0.1) is 12.2 Å². The number of anilines is 2. The third kappa shape index (κ3) is 2.17. The van der Waals surface area contributed by atoms with Crippen LogP contribution >= 0.6 is 0 Å². The topological polar surface area (TPSA) is 71.8 Å². The summed E-state index contributed by atoms with van der Waals surface area (Å²) in [5.74, 6) is 2.81. The predicted molar refractivity (Wildman–Crippen MR) is 91.4 cm³/mol. The Labute approximate surface area is 141 Å². The maximum Gasteiger partial charge on any atom is 0.224 e. The fourth-order valence-corrected chi connectivity index (χ4v) is 4.12. The highest BCUT2D eigenvalue weighted by atomic mass is 15.4.